The Morgan fingerprint density at radius 2 is 1.36 bits per heavy atom. The third-order valence-corrected chi connectivity index (χ3v) is 9.19. The molecule has 0 aliphatic heterocycles. The molecule has 0 saturated carbocycles. The van der Waals surface area contributed by atoms with Crippen molar-refractivity contribution in [2.45, 2.75) is 25.7 Å². The number of hydrogen-bond donors (Lipinski definition) is 0. The summed E-state index contributed by atoms with van der Waals surface area (Å²) in [5.74, 6) is 0. The lowest BCUT2D eigenvalue weighted by atomic mass is 9.92. The van der Waals surface area contributed by atoms with E-state index in [9.17, 15) is 0 Å². The Bertz CT molecular complexity index is 2190. The van der Waals surface area contributed by atoms with E-state index in [0.717, 1.165) is 25.7 Å². The number of fused-ring (bicyclic) bond motifs is 3. The Morgan fingerprint density at radius 1 is 0.571 bits per heavy atom. The van der Waals surface area contributed by atoms with E-state index in [0.29, 0.717) is 0 Å². The number of allylic oxidation sites excluding steroid dienone is 7. The van der Waals surface area contributed by atoms with Crippen LogP contribution in [0.4, 0.5) is 11.4 Å². The number of rotatable bonds is 4. The standard InChI is InChI=1S/C40H30N2/c1-4-13-27(14-5-1)41(28-15-6-2-7-16-28)35-25-23-33-31-20-11-10-19-30(31)32-21-12-22-36-39(32)40-37(26-24-34(35)38(33)40)42(36)29-17-8-3-9-18-29/h1,3-6,8,10-17,19-26H,2,7,9,18H2. The largest absolute Gasteiger partial charge is 0.313 e. The number of nitrogens with zero attached hydrogens (tertiary/aromatic N) is 2. The van der Waals surface area contributed by atoms with Crippen LogP contribution in [-0.4, -0.2) is 4.57 Å². The van der Waals surface area contributed by atoms with Gasteiger partial charge in [-0.05, 0) is 90.4 Å². The summed E-state index contributed by atoms with van der Waals surface area (Å²) in [5, 5.41) is 5.36. The van der Waals surface area contributed by atoms with Crippen molar-refractivity contribution >= 4 is 49.7 Å². The molecular weight excluding hydrogens is 508 g/mol. The molecule has 0 N–H and O–H groups in total. The Kier molecular flexibility index (Phi) is 5.18. The van der Waals surface area contributed by atoms with Crippen molar-refractivity contribution < 1.29 is 0 Å². The second-order valence-electron chi connectivity index (χ2n) is 11.5. The van der Waals surface area contributed by atoms with Gasteiger partial charge >= 0.3 is 0 Å². The van der Waals surface area contributed by atoms with Gasteiger partial charge in [-0.2, -0.15) is 0 Å². The summed E-state index contributed by atoms with van der Waals surface area (Å²) >= 11 is 0. The summed E-state index contributed by atoms with van der Waals surface area (Å²) in [6.45, 7) is 0. The lowest BCUT2D eigenvalue weighted by molar-refractivity contribution is 0.979. The van der Waals surface area contributed by atoms with Crippen molar-refractivity contribution in [2.75, 3.05) is 4.90 Å². The summed E-state index contributed by atoms with van der Waals surface area (Å²) in [4.78, 5) is 2.45. The number of aromatic nitrogens is 1. The Balaban J connectivity index is 1.46. The van der Waals surface area contributed by atoms with Crippen LogP contribution in [0.2, 0.25) is 0 Å². The highest BCUT2D eigenvalue weighted by molar-refractivity contribution is 6.32. The molecule has 1 aromatic heterocycles. The molecule has 6 aromatic rings. The molecule has 3 aliphatic carbocycles. The fraction of sp³-hybridized carbons (Fsp3) is 0.100. The van der Waals surface area contributed by atoms with E-state index in [1.165, 1.54) is 77.6 Å². The predicted molar refractivity (Wildman–Crippen MR) is 179 cm³/mol. The number of anilines is 2. The van der Waals surface area contributed by atoms with Crippen LogP contribution < -0.4 is 4.90 Å². The van der Waals surface area contributed by atoms with Crippen molar-refractivity contribution in [2.24, 2.45) is 0 Å². The smallest absolute Gasteiger partial charge is 0.0544 e. The lowest BCUT2D eigenvalue weighted by Gasteiger charge is -2.29. The van der Waals surface area contributed by atoms with Gasteiger partial charge in [0.1, 0.15) is 0 Å². The first-order chi connectivity index (χ1) is 20.9. The molecular formula is C40H30N2. The van der Waals surface area contributed by atoms with Crippen LogP contribution in [0.5, 0.6) is 0 Å². The topological polar surface area (TPSA) is 8.17 Å². The summed E-state index contributed by atoms with van der Waals surface area (Å²) in [5.41, 5.74) is 12.8. The molecule has 0 spiro atoms. The summed E-state index contributed by atoms with van der Waals surface area (Å²) in [7, 11) is 0. The highest BCUT2D eigenvalue weighted by Crippen LogP contribution is 2.52. The minimum Gasteiger partial charge on any atom is -0.313 e. The maximum Gasteiger partial charge on any atom is 0.0544 e. The zero-order chi connectivity index (χ0) is 27.6. The van der Waals surface area contributed by atoms with E-state index in [-0.39, 0.29) is 0 Å². The van der Waals surface area contributed by atoms with Crippen LogP contribution in [0.3, 0.4) is 0 Å². The van der Waals surface area contributed by atoms with Gasteiger partial charge in [0.25, 0.3) is 0 Å². The highest BCUT2D eigenvalue weighted by Gasteiger charge is 2.27. The monoisotopic (exact) mass is 538 g/mol. The molecule has 0 radical (unpaired) electrons. The third kappa shape index (κ3) is 3.33. The third-order valence-electron chi connectivity index (χ3n) is 9.19. The maximum atomic E-state index is 2.53. The predicted octanol–water partition coefficient (Wildman–Crippen LogP) is 11.2. The van der Waals surface area contributed by atoms with Gasteiger partial charge in [0.2, 0.25) is 0 Å². The second-order valence-corrected chi connectivity index (χ2v) is 11.5. The number of para-hydroxylation sites is 1. The van der Waals surface area contributed by atoms with Gasteiger partial charge in [-0.1, -0.05) is 91.0 Å². The van der Waals surface area contributed by atoms with Gasteiger partial charge in [0.15, 0.2) is 0 Å². The molecule has 0 amide bonds. The van der Waals surface area contributed by atoms with Gasteiger partial charge in [-0.15, -0.1) is 0 Å². The van der Waals surface area contributed by atoms with E-state index < -0.39 is 0 Å². The maximum absolute atomic E-state index is 2.53. The van der Waals surface area contributed by atoms with Crippen molar-refractivity contribution in [3.05, 3.63) is 139 Å². The Labute approximate surface area is 245 Å². The average molecular weight is 539 g/mol. The zero-order valence-electron chi connectivity index (χ0n) is 23.4. The first-order valence-electron chi connectivity index (χ1n) is 15.1. The van der Waals surface area contributed by atoms with Gasteiger partial charge in [-0.25, -0.2) is 0 Å². The van der Waals surface area contributed by atoms with Gasteiger partial charge in [0, 0.05) is 38.6 Å². The minimum atomic E-state index is 1.05. The first kappa shape index (κ1) is 23.6. The van der Waals surface area contributed by atoms with Crippen molar-refractivity contribution in [1.29, 1.82) is 0 Å². The van der Waals surface area contributed by atoms with Crippen molar-refractivity contribution in [3.63, 3.8) is 0 Å². The Morgan fingerprint density at radius 3 is 2.14 bits per heavy atom. The highest BCUT2D eigenvalue weighted by atomic mass is 15.1. The average Bonchev–Trinajstić information content (AvgIpc) is 3.35. The fourth-order valence-corrected chi connectivity index (χ4v) is 7.43. The van der Waals surface area contributed by atoms with Crippen LogP contribution >= 0.6 is 0 Å². The van der Waals surface area contributed by atoms with Crippen LogP contribution in [0.1, 0.15) is 25.7 Å². The summed E-state index contributed by atoms with van der Waals surface area (Å²) < 4.78 is 2.53. The molecule has 0 unspecified atom stereocenters. The zero-order valence-corrected chi connectivity index (χ0v) is 23.4. The van der Waals surface area contributed by atoms with Gasteiger partial charge < -0.3 is 9.47 Å². The van der Waals surface area contributed by atoms with Gasteiger partial charge in [0.05, 0.1) is 16.7 Å². The summed E-state index contributed by atoms with van der Waals surface area (Å²) in [6, 6.07) is 36.1. The molecule has 200 valence electrons. The van der Waals surface area contributed by atoms with E-state index in [2.05, 4.69) is 143 Å². The van der Waals surface area contributed by atoms with Gasteiger partial charge in [-0.3, -0.25) is 0 Å². The molecule has 9 rings (SSSR count). The van der Waals surface area contributed by atoms with E-state index in [1.807, 2.05) is 0 Å². The number of benzene rings is 5. The lowest BCUT2D eigenvalue weighted by Crippen LogP contribution is -2.16. The molecule has 2 heteroatoms. The quantitative estimate of drug-likeness (QED) is 0.216. The fourth-order valence-electron chi connectivity index (χ4n) is 7.43. The molecule has 0 saturated heterocycles. The molecule has 0 atom stereocenters. The van der Waals surface area contributed by atoms with Crippen LogP contribution in [-0.2, 0) is 0 Å². The molecule has 5 aromatic carbocycles. The minimum absolute atomic E-state index is 1.05. The molecule has 1 heterocycles. The van der Waals surface area contributed by atoms with Crippen LogP contribution in [0, 0.1) is 0 Å². The first-order valence-corrected chi connectivity index (χ1v) is 15.1. The molecule has 42 heavy (non-hydrogen) atoms. The van der Waals surface area contributed by atoms with E-state index >= 15 is 0 Å². The molecule has 3 aliphatic rings. The van der Waals surface area contributed by atoms with Crippen molar-refractivity contribution in [1.82, 2.24) is 4.57 Å². The van der Waals surface area contributed by atoms with Crippen LogP contribution in [0.25, 0.3) is 60.5 Å². The van der Waals surface area contributed by atoms with E-state index in [4.69, 9.17) is 0 Å². The van der Waals surface area contributed by atoms with Crippen LogP contribution in [0.15, 0.2) is 139 Å². The van der Waals surface area contributed by atoms with E-state index in [1.54, 1.807) is 0 Å². The summed E-state index contributed by atoms with van der Waals surface area (Å²) in [6.07, 6.45) is 18.0. The van der Waals surface area contributed by atoms with Crippen molar-refractivity contribution in [3.8, 4) is 22.3 Å². The Hall–Kier alpha value is -5.08. The molecule has 2 nitrogen and oxygen atoms in total. The second kappa shape index (κ2) is 9.22. The molecule has 0 bridgehead atoms. The SMILES string of the molecule is C1=CCCC(n2c3cccc4c3c3c5c(ccc(N(C6=CCCC=C6)c6ccccc6)c5ccc32)-c2ccccc2-4)=C1. The number of hydrogen-bond acceptors (Lipinski definition) is 1. The normalized spacial score (nSPS) is 15.3. The molecule has 0 fully saturated rings.